The fourth-order valence-electron chi connectivity index (χ4n) is 2.87. The second kappa shape index (κ2) is 7.84. The van der Waals surface area contributed by atoms with Crippen molar-refractivity contribution in [2.45, 2.75) is 13.0 Å². The number of nitro groups is 1. The highest BCUT2D eigenvalue weighted by Crippen LogP contribution is 2.33. The SMILES string of the molecule is CC1=C(C(=O)Nc2ccc(F)c(F)c2)[C@@H](c2ccc(Cl)c([N+](=O)[O-])c2)NC(=O)N1. The number of nitrogens with one attached hydrogen (secondary N) is 3. The summed E-state index contributed by atoms with van der Waals surface area (Å²) in [4.78, 5) is 35.2. The lowest BCUT2D eigenvalue weighted by Gasteiger charge is -2.28. The first-order valence-electron chi connectivity index (χ1n) is 8.16. The summed E-state index contributed by atoms with van der Waals surface area (Å²) >= 11 is 5.82. The van der Waals surface area contributed by atoms with Gasteiger partial charge in [0.15, 0.2) is 11.6 Å². The Kier molecular flexibility index (Phi) is 5.46. The van der Waals surface area contributed by atoms with Gasteiger partial charge in [0.2, 0.25) is 0 Å². The summed E-state index contributed by atoms with van der Waals surface area (Å²) in [7, 11) is 0. The van der Waals surface area contributed by atoms with Crippen molar-refractivity contribution in [1.82, 2.24) is 10.6 Å². The van der Waals surface area contributed by atoms with Crippen LogP contribution in [0.5, 0.6) is 0 Å². The summed E-state index contributed by atoms with van der Waals surface area (Å²) < 4.78 is 26.5. The second-order valence-electron chi connectivity index (χ2n) is 6.12. The summed E-state index contributed by atoms with van der Waals surface area (Å²) in [6.07, 6.45) is 0. The summed E-state index contributed by atoms with van der Waals surface area (Å²) in [5.74, 6) is -2.94. The molecule has 2 aromatic rings. The predicted molar refractivity (Wildman–Crippen MR) is 100 cm³/mol. The van der Waals surface area contributed by atoms with Crippen molar-refractivity contribution < 1.29 is 23.3 Å². The van der Waals surface area contributed by atoms with Gasteiger partial charge in [-0.3, -0.25) is 14.9 Å². The van der Waals surface area contributed by atoms with Crippen LogP contribution in [0.25, 0.3) is 0 Å². The van der Waals surface area contributed by atoms with Crippen molar-refractivity contribution in [2.24, 2.45) is 0 Å². The van der Waals surface area contributed by atoms with Crippen molar-refractivity contribution in [3.63, 3.8) is 0 Å². The zero-order valence-electron chi connectivity index (χ0n) is 14.8. The minimum atomic E-state index is -1.14. The molecule has 1 heterocycles. The van der Waals surface area contributed by atoms with Gasteiger partial charge in [-0.15, -0.1) is 0 Å². The van der Waals surface area contributed by atoms with Crippen molar-refractivity contribution in [3.8, 4) is 0 Å². The van der Waals surface area contributed by atoms with E-state index in [9.17, 15) is 28.5 Å². The van der Waals surface area contributed by atoms with E-state index in [1.165, 1.54) is 25.1 Å². The molecule has 0 saturated carbocycles. The van der Waals surface area contributed by atoms with Crippen LogP contribution in [0.4, 0.5) is 25.0 Å². The highest BCUT2D eigenvalue weighted by Gasteiger charge is 2.32. The number of benzene rings is 2. The van der Waals surface area contributed by atoms with Crippen LogP contribution in [-0.2, 0) is 4.79 Å². The molecule has 0 bridgehead atoms. The number of rotatable bonds is 4. The average Bonchev–Trinajstić information content (AvgIpc) is 2.64. The molecule has 150 valence electrons. The Morgan fingerprint density at radius 2 is 1.93 bits per heavy atom. The Balaban J connectivity index is 2.00. The normalized spacial score (nSPS) is 16.1. The van der Waals surface area contributed by atoms with E-state index in [2.05, 4.69) is 16.0 Å². The quantitative estimate of drug-likeness (QED) is 0.513. The molecular weight excluding hydrogens is 410 g/mol. The number of carbonyl (C=O) groups is 2. The van der Waals surface area contributed by atoms with Crippen molar-refractivity contribution in [3.05, 3.63) is 80.0 Å². The number of urea groups is 1. The number of hydrogen-bond acceptors (Lipinski definition) is 4. The smallest absolute Gasteiger partial charge is 0.319 e. The summed E-state index contributed by atoms with van der Waals surface area (Å²) in [6.45, 7) is 1.47. The molecule has 0 spiro atoms. The molecule has 1 atom stereocenters. The second-order valence-corrected chi connectivity index (χ2v) is 6.53. The van der Waals surface area contributed by atoms with E-state index < -0.39 is 40.2 Å². The van der Waals surface area contributed by atoms with Crippen LogP contribution < -0.4 is 16.0 Å². The Hall–Kier alpha value is -3.53. The molecule has 1 aliphatic rings. The molecule has 0 aliphatic carbocycles. The van der Waals surface area contributed by atoms with Crippen LogP contribution in [0, 0.1) is 21.7 Å². The standard InChI is InChI=1S/C18H13ClF2N4O4/c1-8-15(17(26)23-10-3-5-12(20)13(21)7-10)16(24-18(27)22-8)9-2-4-11(19)14(6-9)25(28)29/h2-7,16H,1H3,(H,23,26)(H2,22,24,27)/t16-/m1/s1. The molecule has 3 amide bonds. The highest BCUT2D eigenvalue weighted by atomic mass is 35.5. The van der Waals surface area contributed by atoms with Crippen LogP contribution in [0.3, 0.4) is 0 Å². The molecule has 1 aliphatic heterocycles. The molecule has 0 aromatic heterocycles. The molecule has 2 aromatic carbocycles. The van der Waals surface area contributed by atoms with Gasteiger partial charge >= 0.3 is 6.03 Å². The highest BCUT2D eigenvalue weighted by molar-refractivity contribution is 6.32. The maximum absolute atomic E-state index is 13.4. The minimum Gasteiger partial charge on any atom is -0.327 e. The van der Waals surface area contributed by atoms with Crippen LogP contribution in [-0.4, -0.2) is 16.9 Å². The number of nitro benzene ring substituents is 1. The lowest BCUT2D eigenvalue weighted by Crippen LogP contribution is -2.46. The molecule has 0 saturated heterocycles. The van der Waals surface area contributed by atoms with Crippen LogP contribution in [0.1, 0.15) is 18.5 Å². The third kappa shape index (κ3) is 4.16. The molecular formula is C18H13ClF2N4O4. The third-order valence-electron chi connectivity index (χ3n) is 4.19. The van der Waals surface area contributed by atoms with Crippen molar-refractivity contribution >= 4 is 34.9 Å². The number of allylic oxidation sites excluding steroid dienone is 1. The zero-order valence-corrected chi connectivity index (χ0v) is 15.5. The summed E-state index contributed by atoms with van der Waals surface area (Å²) in [5.41, 5.74) is 0.0648. The molecule has 0 fully saturated rings. The predicted octanol–water partition coefficient (Wildman–Crippen LogP) is 3.79. The van der Waals surface area contributed by atoms with Crippen LogP contribution in [0.15, 0.2) is 47.7 Å². The number of carbonyl (C=O) groups excluding carboxylic acids is 2. The van der Waals surface area contributed by atoms with Crippen molar-refractivity contribution in [2.75, 3.05) is 5.32 Å². The van der Waals surface area contributed by atoms with E-state index in [1.807, 2.05) is 0 Å². The van der Waals surface area contributed by atoms with E-state index in [4.69, 9.17) is 11.6 Å². The van der Waals surface area contributed by atoms with E-state index in [1.54, 1.807) is 0 Å². The van der Waals surface area contributed by atoms with Gasteiger partial charge in [0.1, 0.15) is 5.02 Å². The molecule has 3 N–H and O–H groups in total. The largest absolute Gasteiger partial charge is 0.327 e. The Morgan fingerprint density at radius 1 is 1.21 bits per heavy atom. The average molecular weight is 423 g/mol. The summed E-state index contributed by atoms with van der Waals surface area (Å²) in [5, 5.41) is 18.4. The first-order chi connectivity index (χ1) is 13.7. The number of hydrogen-bond donors (Lipinski definition) is 3. The molecule has 8 nitrogen and oxygen atoms in total. The zero-order chi connectivity index (χ0) is 21.3. The number of amides is 3. The maximum Gasteiger partial charge on any atom is 0.319 e. The Morgan fingerprint density at radius 3 is 2.59 bits per heavy atom. The fourth-order valence-corrected chi connectivity index (χ4v) is 3.05. The fraction of sp³-hybridized carbons (Fsp3) is 0.111. The lowest BCUT2D eigenvalue weighted by molar-refractivity contribution is -0.384. The molecule has 11 heteroatoms. The first kappa shape index (κ1) is 20.2. The van der Waals surface area contributed by atoms with Crippen LogP contribution in [0.2, 0.25) is 5.02 Å². The number of halogens is 3. The molecule has 29 heavy (non-hydrogen) atoms. The molecule has 3 rings (SSSR count). The van der Waals surface area contributed by atoms with Gasteiger partial charge < -0.3 is 16.0 Å². The first-order valence-corrected chi connectivity index (χ1v) is 8.53. The lowest BCUT2D eigenvalue weighted by atomic mass is 9.94. The number of nitrogens with zero attached hydrogens (tertiary/aromatic N) is 1. The molecule has 0 radical (unpaired) electrons. The minimum absolute atomic E-state index is 0.00747. The van der Waals surface area contributed by atoms with Crippen molar-refractivity contribution in [1.29, 1.82) is 0 Å². The van der Waals surface area contributed by atoms with Gasteiger partial charge in [0.25, 0.3) is 11.6 Å². The molecule has 0 unspecified atom stereocenters. The monoisotopic (exact) mass is 422 g/mol. The maximum atomic E-state index is 13.4. The van der Waals surface area contributed by atoms with Crippen LogP contribution >= 0.6 is 11.6 Å². The van der Waals surface area contributed by atoms with E-state index in [0.717, 1.165) is 18.2 Å². The summed E-state index contributed by atoms with van der Waals surface area (Å²) in [6, 6.07) is 5.04. The van der Waals surface area contributed by atoms with E-state index in [-0.39, 0.29) is 27.5 Å². The number of anilines is 1. The topological polar surface area (TPSA) is 113 Å². The van der Waals surface area contributed by atoms with Gasteiger partial charge in [-0.05, 0) is 30.7 Å². The van der Waals surface area contributed by atoms with E-state index >= 15 is 0 Å². The van der Waals surface area contributed by atoms with Gasteiger partial charge in [-0.1, -0.05) is 17.7 Å². The Bertz CT molecular complexity index is 1070. The van der Waals surface area contributed by atoms with Gasteiger partial charge in [0.05, 0.1) is 16.5 Å². The third-order valence-corrected chi connectivity index (χ3v) is 4.51. The van der Waals surface area contributed by atoms with E-state index in [0.29, 0.717) is 0 Å². The van der Waals surface area contributed by atoms with Gasteiger partial charge in [-0.25, -0.2) is 13.6 Å². The van der Waals surface area contributed by atoms with Gasteiger partial charge in [-0.2, -0.15) is 0 Å². The van der Waals surface area contributed by atoms with Gasteiger partial charge in [0, 0.05) is 23.5 Å². The Labute approximate surface area is 167 Å².